The zero-order valence-electron chi connectivity index (χ0n) is 12.8. The van der Waals surface area contributed by atoms with Crippen molar-refractivity contribution in [2.75, 3.05) is 5.88 Å². The lowest BCUT2D eigenvalue weighted by Crippen LogP contribution is -2.45. The number of alkyl halides is 1. The van der Waals surface area contributed by atoms with Crippen molar-refractivity contribution in [2.45, 2.75) is 33.2 Å². The fourth-order valence-corrected chi connectivity index (χ4v) is 2.65. The van der Waals surface area contributed by atoms with E-state index in [4.69, 9.17) is 16.0 Å². The highest BCUT2D eigenvalue weighted by Gasteiger charge is 2.30. The van der Waals surface area contributed by atoms with Crippen molar-refractivity contribution in [3.63, 3.8) is 0 Å². The molecule has 1 unspecified atom stereocenters. The van der Waals surface area contributed by atoms with Gasteiger partial charge in [0.1, 0.15) is 11.5 Å². The molecule has 3 nitrogen and oxygen atoms in total. The molecule has 0 fully saturated rings. The summed E-state index contributed by atoms with van der Waals surface area (Å²) < 4.78 is 5.53. The Bertz CT molecular complexity index is 648. The number of furan rings is 1. The van der Waals surface area contributed by atoms with Gasteiger partial charge in [0.05, 0.1) is 11.1 Å². The Balaban J connectivity index is 2.33. The Hall–Kier alpha value is -1.74. The fraction of sp³-hybridized carbons (Fsp3) is 0.353. The third-order valence-corrected chi connectivity index (χ3v) is 4.39. The predicted molar refractivity (Wildman–Crippen MR) is 84.9 cm³/mol. The van der Waals surface area contributed by atoms with Crippen LogP contribution in [-0.4, -0.2) is 11.8 Å². The minimum Gasteiger partial charge on any atom is -0.466 e. The maximum absolute atomic E-state index is 12.6. The van der Waals surface area contributed by atoms with Crippen LogP contribution in [0.5, 0.6) is 0 Å². The molecule has 4 heteroatoms. The minimum atomic E-state index is -0.621. The van der Waals surface area contributed by atoms with Crippen molar-refractivity contribution in [2.24, 2.45) is 0 Å². The van der Waals surface area contributed by atoms with Gasteiger partial charge in [-0.1, -0.05) is 30.3 Å². The van der Waals surface area contributed by atoms with Gasteiger partial charge in [-0.15, -0.1) is 11.6 Å². The molecular formula is C17H20ClNO2. The summed E-state index contributed by atoms with van der Waals surface area (Å²) in [4.78, 5) is 12.6. The van der Waals surface area contributed by atoms with Gasteiger partial charge < -0.3 is 9.73 Å². The second kappa shape index (κ2) is 5.94. The normalized spacial score (nSPS) is 13.8. The monoisotopic (exact) mass is 305 g/mol. The smallest absolute Gasteiger partial charge is 0.255 e. The van der Waals surface area contributed by atoms with E-state index < -0.39 is 5.54 Å². The number of carbonyl (C=O) groups is 1. The van der Waals surface area contributed by atoms with Gasteiger partial charge in [0.2, 0.25) is 0 Å². The number of halogens is 1. The molecule has 2 rings (SSSR count). The second-order valence-electron chi connectivity index (χ2n) is 5.50. The van der Waals surface area contributed by atoms with Crippen molar-refractivity contribution >= 4 is 17.5 Å². The van der Waals surface area contributed by atoms with Crippen molar-refractivity contribution in [1.29, 1.82) is 0 Å². The third-order valence-electron chi connectivity index (χ3n) is 3.86. The fourth-order valence-electron chi connectivity index (χ4n) is 2.43. The highest BCUT2D eigenvalue weighted by atomic mass is 35.5. The first-order valence-corrected chi connectivity index (χ1v) is 7.43. The summed E-state index contributed by atoms with van der Waals surface area (Å²) in [5.41, 5.74) is 1.82. The number of hydrogen-bond donors (Lipinski definition) is 1. The molecule has 1 amide bonds. The van der Waals surface area contributed by atoms with E-state index in [0.29, 0.717) is 11.3 Å². The highest BCUT2D eigenvalue weighted by molar-refractivity contribution is 6.19. The zero-order chi connectivity index (χ0) is 15.6. The molecule has 112 valence electrons. The minimum absolute atomic E-state index is 0.158. The molecule has 0 spiro atoms. The van der Waals surface area contributed by atoms with Crippen LogP contribution in [0.3, 0.4) is 0 Å². The Morgan fingerprint density at radius 1 is 1.19 bits per heavy atom. The van der Waals surface area contributed by atoms with Crippen molar-refractivity contribution < 1.29 is 9.21 Å². The zero-order valence-corrected chi connectivity index (χ0v) is 13.5. The molecule has 21 heavy (non-hydrogen) atoms. The highest BCUT2D eigenvalue weighted by Crippen LogP contribution is 2.25. The van der Waals surface area contributed by atoms with E-state index in [0.717, 1.165) is 16.9 Å². The first-order chi connectivity index (χ1) is 9.89. The molecule has 0 aliphatic rings. The maximum Gasteiger partial charge on any atom is 0.255 e. The molecule has 0 radical (unpaired) electrons. The molecule has 2 aromatic rings. The molecule has 0 bridgehead atoms. The van der Waals surface area contributed by atoms with Gasteiger partial charge in [0, 0.05) is 11.4 Å². The Morgan fingerprint density at radius 3 is 2.29 bits per heavy atom. The number of aryl methyl sites for hydroxylation is 2. The van der Waals surface area contributed by atoms with E-state index in [1.807, 2.05) is 51.1 Å². The molecule has 1 N–H and O–H groups in total. The summed E-state index contributed by atoms with van der Waals surface area (Å²) in [5, 5.41) is 3.04. The number of rotatable bonds is 4. The van der Waals surface area contributed by atoms with Crippen LogP contribution in [0.4, 0.5) is 0 Å². The van der Waals surface area contributed by atoms with Crippen LogP contribution < -0.4 is 5.32 Å². The number of benzene rings is 1. The second-order valence-corrected chi connectivity index (χ2v) is 5.77. The van der Waals surface area contributed by atoms with Crippen LogP contribution in [0.15, 0.2) is 34.7 Å². The van der Waals surface area contributed by atoms with Crippen molar-refractivity contribution in [3.8, 4) is 0 Å². The van der Waals surface area contributed by atoms with Gasteiger partial charge in [0.25, 0.3) is 5.91 Å². The quantitative estimate of drug-likeness (QED) is 0.865. The topological polar surface area (TPSA) is 42.2 Å². The van der Waals surface area contributed by atoms with Gasteiger partial charge >= 0.3 is 0 Å². The summed E-state index contributed by atoms with van der Waals surface area (Å²) in [6.07, 6.45) is 0. The van der Waals surface area contributed by atoms with E-state index in [9.17, 15) is 4.79 Å². The average Bonchev–Trinajstić information content (AvgIpc) is 2.73. The van der Waals surface area contributed by atoms with Gasteiger partial charge in [-0.05, 0) is 33.3 Å². The molecule has 0 aliphatic carbocycles. The summed E-state index contributed by atoms with van der Waals surface area (Å²) in [6, 6.07) is 9.73. The lowest BCUT2D eigenvalue weighted by molar-refractivity contribution is 0.0911. The van der Waals surface area contributed by atoms with Crippen LogP contribution in [0.2, 0.25) is 0 Å². The van der Waals surface area contributed by atoms with E-state index in [-0.39, 0.29) is 11.8 Å². The number of carbonyl (C=O) groups excluding carboxylic acids is 1. The largest absolute Gasteiger partial charge is 0.466 e. The Morgan fingerprint density at radius 2 is 1.81 bits per heavy atom. The number of hydrogen-bond acceptors (Lipinski definition) is 2. The van der Waals surface area contributed by atoms with Crippen molar-refractivity contribution in [1.82, 2.24) is 5.32 Å². The van der Waals surface area contributed by atoms with E-state index >= 15 is 0 Å². The van der Waals surface area contributed by atoms with Gasteiger partial charge in [-0.2, -0.15) is 0 Å². The molecule has 1 aromatic heterocycles. The SMILES string of the molecule is Cc1oc(C)c(C(=O)NC(C)(CCl)c2ccccc2)c1C. The van der Waals surface area contributed by atoms with Gasteiger partial charge in [-0.25, -0.2) is 0 Å². The van der Waals surface area contributed by atoms with Crippen molar-refractivity contribution in [3.05, 3.63) is 58.5 Å². The first-order valence-electron chi connectivity index (χ1n) is 6.89. The van der Waals surface area contributed by atoms with Crippen LogP contribution in [0.25, 0.3) is 0 Å². The average molecular weight is 306 g/mol. The van der Waals surface area contributed by atoms with E-state index in [2.05, 4.69) is 5.32 Å². The Kier molecular flexibility index (Phi) is 4.43. The molecule has 0 aliphatic heterocycles. The third kappa shape index (κ3) is 2.98. The van der Waals surface area contributed by atoms with E-state index in [1.165, 1.54) is 0 Å². The Labute approximate surface area is 130 Å². The lowest BCUT2D eigenvalue weighted by atomic mass is 9.93. The van der Waals surface area contributed by atoms with Crippen LogP contribution >= 0.6 is 11.6 Å². The molecule has 0 saturated heterocycles. The standard InChI is InChI=1S/C17H20ClNO2/c1-11-12(2)21-13(3)15(11)16(20)19-17(4,10-18)14-8-6-5-7-9-14/h5-9H,10H2,1-4H3,(H,19,20). The predicted octanol–water partition coefficient (Wildman–Crippen LogP) is 4.09. The summed E-state index contributed by atoms with van der Waals surface area (Å²) in [6.45, 7) is 7.47. The van der Waals surface area contributed by atoms with Gasteiger partial charge in [0.15, 0.2) is 0 Å². The summed E-state index contributed by atoms with van der Waals surface area (Å²) in [5.74, 6) is 1.53. The molecule has 1 heterocycles. The molecular weight excluding hydrogens is 286 g/mol. The van der Waals surface area contributed by atoms with Crippen LogP contribution in [0.1, 0.15) is 39.9 Å². The van der Waals surface area contributed by atoms with Gasteiger partial charge in [-0.3, -0.25) is 4.79 Å². The number of amides is 1. The molecule has 1 atom stereocenters. The summed E-state index contributed by atoms with van der Waals surface area (Å²) >= 11 is 6.12. The number of nitrogens with one attached hydrogen (secondary N) is 1. The maximum atomic E-state index is 12.6. The van der Waals surface area contributed by atoms with Crippen LogP contribution in [0, 0.1) is 20.8 Å². The first kappa shape index (κ1) is 15.6. The summed E-state index contributed by atoms with van der Waals surface area (Å²) in [7, 11) is 0. The molecule has 1 aromatic carbocycles. The molecule has 0 saturated carbocycles. The van der Waals surface area contributed by atoms with E-state index in [1.54, 1.807) is 6.92 Å². The lowest BCUT2D eigenvalue weighted by Gasteiger charge is -2.29. The van der Waals surface area contributed by atoms with Crippen LogP contribution in [-0.2, 0) is 5.54 Å².